The van der Waals surface area contributed by atoms with E-state index in [1.807, 2.05) is 36.4 Å². The summed E-state index contributed by atoms with van der Waals surface area (Å²) in [5.74, 6) is 1.84. The number of para-hydroxylation sites is 2. The Hall–Kier alpha value is -3.42. The Kier molecular flexibility index (Phi) is 7.68. The molecule has 0 aliphatic carbocycles. The molecule has 0 atom stereocenters. The Labute approximate surface area is 213 Å². The largest absolute Gasteiger partial charge is 0.493 e. The summed E-state index contributed by atoms with van der Waals surface area (Å²) < 4.78 is 18.1. The van der Waals surface area contributed by atoms with Gasteiger partial charge < -0.3 is 24.1 Å². The maximum Gasteiger partial charge on any atom is 0.251 e. The number of rotatable bonds is 9. The topological polar surface area (TPSA) is 74.6 Å². The quantitative estimate of drug-likeness (QED) is 0.324. The minimum atomic E-state index is -0.257. The summed E-state index contributed by atoms with van der Waals surface area (Å²) in [6.07, 6.45) is 0.524. The number of hydrogen-bond donors (Lipinski definition) is 1. The molecule has 4 rings (SSSR count). The molecule has 1 amide bonds. The predicted octanol–water partition coefficient (Wildman–Crippen LogP) is 5.39. The summed E-state index contributed by atoms with van der Waals surface area (Å²) in [5.41, 5.74) is 3.20. The number of nitrogens with zero attached hydrogens (tertiary/aromatic N) is 2. The molecule has 3 aromatic carbocycles. The summed E-state index contributed by atoms with van der Waals surface area (Å²) >= 11 is 12.5. The van der Waals surface area contributed by atoms with E-state index in [1.165, 1.54) is 21.3 Å². The lowest BCUT2D eigenvalue weighted by Gasteiger charge is -2.14. The lowest BCUT2D eigenvalue weighted by molar-refractivity contribution is 0.0953. The Balaban J connectivity index is 1.54. The first kappa shape index (κ1) is 24.7. The van der Waals surface area contributed by atoms with Crippen molar-refractivity contribution in [1.29, 1.82) is 0 Å². The fraction of sp³-hybridized carbons (Fsp3) is 0.231. The highest BCUT2D eigenvalue weighted by Gasteiger charge is 2.18. The zero-order chi connectivity index (χ0) is 24.9. The van der Waals surface area contributed by atoms with Gasteiger partial charge in [0, 0.05) is 28.6 Å². The number of fused-ring (bicyclic) bond motifs is 1. The van der Waals surface area contributed by atoms with Gasteiger partial charge in [-0.25, -0.2) is 4.98 Å². The minimum Gasteiger partial charge on any atom is -0.493 e. The third kappa shape index (κ3) is 5.31. The molecular formula is C26H25Cl2N3O4. The number of amides is 1. The second-order valence-electron chi connectivity index (χ2n) is 7.76. The number of aromatic nitrogens is 2. The van der Waals surface area contributed by atoms with E-state index in [2.05, 4.69) is 9.88 Å². The van der Waals surface area contributed by atoms with Crippen LogP contribution in [-0.4, -0.2) is 43.3 Å². The van der Waals surface area contributed by atoms with Crippen LogP contribution in [0.2, 0.25) is 10.0 Å². The van der Waals surface area contributed by atoms with Crippen LogP contribution in [0.3, 0.4) is 0 Å². The summed E-state index contributed by atoms with van der Waals surface area (Å²) in [4.78, 5) is 17.7. The van der Waals surface area contributed by atoms with Gasteiger partial charge in [0.15, 0.2) is 11.5 Å². The van der Waals surface area contributed by atoms with E-state index < -0.39 is 0 Å². The van der Waals surface area contributed by atoms with Crippen molar-refractivity contribution in [3.05, 3.63) is 81.6 Å². The van der Waals surface area contributed by atoms with Gasteiger partial charge in [0.2, 0.25) is 5.75 Å². The molecule has 9 heteroatoms. The monoisotopic (exact) mass is 513 g/mol. The highest BCUT2D eigenvalue weighted by atomic mass is 35.5. The van der Waals surface area contributed by atoms with E-state index in [0.717, 1.165) is 22.4 Å². The third-order valence-electron chi connectivity index (χ3n) is 5.64. The molecule has 182 valence electrons. The molecule has 0 saturated carbocycles. The minimum absolute atomic E-state index is 0.257. The van der Waals surface area contributed by atoms with Gasteiger partial charge in [-0.15, -0.1) is 0 Å². The van der Waals surface area contributed by atoms with Gasteiger partial charge in [0.05, 0.1) is 38.9 Å². The van der Waals surface area contributed by atoms with Crippen LogP contribution in [-0.2, 0) is 13.0 Å². The Bertz CT molecular complexity index is 1350. The number of halogens is 2. The van der Waals surface area contributed by atoms with E-state index in [0.29, 0.717) is 52.4 Å². The van der Waals surface area contributed by atoms with Crippen LogP contribution >= 0.6 is 23.2 Å². The fourth-order valence-electron chi connectivity index (χ4n) is 3.92. The molecule has 0 bridgehead atoms. The van der Waals surface area contributed by atoms with Gasteiger partial charge >= 0.3 is 0 Å². The van der Waals surface area contributed by atoms with Crippen molar-refractivity contribution in [1.82, 2.24) is 14.9 Å². The number of ether oxygens (including phenoxy) is 3. The van der Waals surface area contributed by atoms with Gasteiger partial charge in [-0.2, -0.15) is 0 Å². The maximum absolute atomic E-state index is 12.9. The van der Waals surface area contributed by atoms with E-state index in [1.54, 1.807) is 18.2 Å². The van der Waals surface area contributed by atoms with Gasteiger partial charge in [-0.1, -0.05) is 41.4 Å². The van der Waals surface area contributed by atoms with Crippen molar-refractivity contribution in [3.8, 4) is 17.2 Å². The summed E-state index contributed by atoms with van der Waals surface area (Å²) in [7, 11) is 4.54. The Morgan fingerprint density at radius 3 is 2.34 bits per heavy atom. The summed E-state index contributed by atoms with van der Waals surface area (Å²) in [5, 5.41) is 4.14. The van der Waals surface area contributed by atoms with Crippen LogP contribution in [0.5, 0.6) is 17.2 Å². The lowest BCUT2D eigenvalue weighted by Crippen LogP contribution is -2.26. The number of methoxy groups -OCH3 is 3. The SMILES string of the molecule is COc1cc(C(=O)NCCc2nc3ccccc3n2Cc2ccc(Cl)cc2Cl)cc(OC)c1OC. The molecule has 1 aromatic heterocycles. The van der Waals surface area contributed by atoms with Gasteiger partial charge in [-0.05, 0) is 42.0 Å². The molecule has 7 nitrogen and oxygen atoms in total. The normalized spacial score (nSPS) is 10.9. The fourth-order valence-corrected chi connectivity index (χ4v) is 4.38. The predicted molar refractivity (Wildman–Crippen MR) is 137 cm³/mol. The molecular weight excluding hydrogens is 489 g/mol. The van der Waals surface area contributed by atoms with Crippen LogP contribution in [0, 0.1) is 0 Å². The van der Waals surface area contributed by atoms with E-state index in [-0.39, 0.29) is 5.91 Å². The first-order chi connectivity index (χ1) is 16.9. The van der Waals surface area contributed by atoms with Crippen LogP contribution in [0.4, 0.5) is 0 Å². The Morgan fingerprint density at radius 2 is 1.69 bits per heavy atom. The lowest BCUT2D eigenvalue weighted by atomic mass is 10.1. The molecule has 0 radical (unpaired) electrons. The molecule has 1 N–H and O–H groups in total. The smallest absolute Gasteiger partial charge is 0.251 e. The molecule has 0 aliphatic rings. The second-order valence-corrected chi connectivity index (χ2v) is 8.60. The van der Waals surface area contributed by atoms with Crippen LogP contribution in [0.25, 0.3) is 11.0 Å². The molecule has 0 aliphatic heterocycles. The van der Waals surface area contributed by atoms with Crippen molar-refractivity contribution in [2.24, 2.45) is 0 Å². The van der Waals surface area contributed by atoms with Crippen molar-refractivity contribution < 1.29 is 19.0 Å². The molecule has 1 heterocycles. The first-order valence-corrected chi connectivity index (χ1v) is 11.7. The first-order valence-electron chi connectivity index (χ1n) is 10.9. The standard InChI is InChI=1S/C26H25Cl2N3O4/c1-33-22-12-17(13-23(34-2)25(22)35-3)26(32)29-11-10-24-30-20-6-4-5-7-21(20)31(24)15-16-8-9-18(27)14-19(16)28/h4-9,12-14H,10-11,15H2,1-3H3,(H,29,32). The van der Waals surface area contributed by atoms with Crippen molar-refractivity contribution >= 4 is 40.1 Å². The zero-order valence-corrected chi connectivity index (χ0v) is 21.1. The number of benzene rings is 3. The van der Waals surface area contributed by atoms with Gasteiger partial charge in [0.25, 0.3) is 5.91 Å². The second kappa shape index (κ2) is 10.9. The van der Waals surface area contributed by atoms with Gasteiger partial charge in [-0.3, -0.25) is 4.79 Å². The van der Waals surface area contributed by atoms with E-state index in [4.69, 9.17) is 42.4 Å². The summed E-state index contributed by atoms with van der Waals surface area (Å²) in [6, 6.07) is 16.6. The number of nitrogens with one attached hydrogen (secondary N) is 1. The average Bonchev–Trinajstić information content (AvgIpc) is 3.21. The van der Waals surface area contributed by atoms with Crippen LogP contribution < -0.4 is 19.5 Å². The highest BCUT2D eigenvalue weighted by Crippen LogP contribution is 2.38. The van der Waals surface area contributed by atoms with Crippen LogP contribution in [0.1, 0.15) is 21.7 Å². The molecule has 35 heavy (non-hydrogen) atoms. The Morgan fingerprint density at radius 1 is 0.971 bits per heavy atom. The van der Waals surface area contributed by atoms with Crippen LogP contribution in [0.15, 0.2) is 54.6 Å². The maximum atomic E-state index is 12.9. The molecule has 4 aromatic rings. The molecule has 0 spiro atoms. The van der Waals surface area contributed by atoms with Crippen molar-refractivity contribution in [2.45, 2.75) is 13.0 Å². The van der Waals surface area contributed by atoms with Crippen molar-refractivity contribution in [3.63, 3.8) is 0 Å². The number of carbonyl (C=O) groups excluding carboxylic acids is 1. The third-order valence-corrected chi connectivity index (χ3v) is 6.23. The zero-order valence-electron chi connectivity index (χ0n) is 19.6. The van der Waals surface area contributed by atoms with E-state index in [9.17, 15) is 4.79 Å². The number of imidazole rings is 1. The summed E-state index contributed by atoms with van der Waals surface area (Å²) in [6.45, 7) is 0.917. The molecule has 0 saturated heterocycles. The van der Waals surface area contributed by atoms with E-state index >= 15 is 0 Å². The van der Waals surface area contributed by atoms with Crippen molar-refractivity contribution in [2.75, 3.05) is 27.9 Å². The molecule has 0 unspecified atom stereocenters. The highest BCUT2D eigenvalue weighted by molar-refractivity contribution is 6.35. The number of carbonyl (C=O) groups is 1. The van der Waals surface area contributed by atoms with Gasteiger partial charge in [0.1, 0.15) is 5.82 Å². The number of hydrogen-bond acceptors (Lipinski definition) is 5. The average molecular weight is 514 g/mol. The molecule has 0 fully saturated rings.